The van der Waals surface area contributed by atoms with Crippen molar-refractivity contribution in [1.82, 2.24) is 0 Å². The fourth-order valence-corrected chi connectivity index (χ4v) is 1.96. The largest absolute Gasteiger partial charge is 0.366 e. The zero-order chi connectivity index (χ0) is 10.1. The molecule has 1 radical (unpaired) electrons. The van der Waals surface area contributed by atoms with Gasteiger partial charge in [0.15, 0.2) is 5.79 Å². The molecule has 1 aliphatic rings. The number of aliphatic hydroxyl groups is 1. The van der Waals surface area contributed by atoms with E-state index in [1.54, 1.807) is 6.92 Å². The highest BCUT2D eigenvalue weighted by Crippen LogP contribution is 2.35. The van der Waals surface area contributed by atoms with Crippen LogP contribution < -0.4 is 0 Å². The summed E-state index contributed by atoms with van der Waals surface area (Å²) >= 11 is 0. The van der Waals surface area contributed by atoms with Crippen molar-refractivity contribution in [3.8, 4) is 0 Å². The molecule has 0 aromatic rings. The molecule has 1 fully saturated rings. The molecular formula is C10H20BO2. The molecule has 0 aliphatic carbocycles. The van der Waals surface area contributed by atoms with Crippen LogP contribution in [0.3, 0.4) is 0 Å². The third kappa shape index (κ3) is 2.71. The van der Waals surface area contributed by atoms with Crippen LogP contribution in [0.15, 0.2) is 0 Å². The molecular weight excluding hydrogens is 163 g/mol. The van der Waals surface area contributed by atoms with Crippen molar-refractivity contribution >= 4 is 7.28 Å². The lowest BCUT2D eigenvalue weighted by Gasteiger charge is -2.30. The Bertz CT molecular complexity index is 170. The Morgan fingerprint density at radius 1 is 1.54 bits per heavy atom. The SMILES string of the molecule is CCC1[B]C(C)C(C)(O)OC(C)C1. The summed E-state index contributed by atoms with van der Waals surface area (Å²) in [6.45, 7) is 7.98. The van der Waals surface area contributed by atoms with Crippen molar-refractivity contribution in [3.05, 3.63) is 0 Å². The van der Waals surface area contributed by atoms with Gasteiger partial charge < -0.3 is 9.84 Å². The molecule has 2 nitrogen and oxygen atoms in total. The van der Waals surface area contributed by atoms with Crippen LogP contribution in [0.1, 0.15) is 40.5 Å². The summed E-state index contributed by atoms with van der Waals surface area (Å²) in [6.07, 6.45) is 2.31. The van der Waals surface area contributed by atoms with Gasteiger partial charge in [0.1, 0.15) is 7.28 Å². The second kappa shape index (κ2) is 4.01. The Hall–Kier alpha value is -0.0151. The van der Waals surface area contributed by atoms with Gasteiger partial charge in [0.2, 0.25) is 0 Å². The monoisotopic (exact) mass is 183 g/mol. The normalized spacial score (nSPS) is 46.7. The maximum Gasteiger partial charge on any atom is 0.158 e. The van der Waals surface area contributed by atoms with E-state index in [-0.39, 0.29) is 11.9 Å². The van der Waals surface area contributed by atoms with Gasteiger partial charge in [-0.2, -0.15) is 0 Å². The lowest BCUT2D eigenvalue weighted by molar-refractivity contribution is -0.212. The van der Waals surface area contributed by atoms with E-state index in [9.17, 15) is 5.11 Å². The third-order valence-corrected chi connectivity index (χ3v) is 3.00. The molecule has 1 N–H and O–H groups in total. The molecule has 4 unspecified atom stereocenters. The van der Waals surface area contributed by atoms with Crippen LogP contribution in [0.2, 0.25) is 11.6 Å². The number of hydrogen-bond donors (Lipinski definition) is 1. The van der Waals surface area contributed by atoms with Gasteiger partial charge in [0.25, 0.3) is 0 Å². The van der Waals surface area contributed by atoms with Crippen molar-refractivity contribution in [2.24, 2.45) is 0 Å². The van der Waals surface area contributed by atoms with Crippen LogP contribution in [0.4, 0.5) is 0 Å². The van der Waals surface area contributed by atoms with Crippen LogP contribution in [0, 0.1) is 0 Å². The average molecular weight is 183 g/mol. The Balaban J connectivity index is 2.68. The highest BCUT2D eigenvalue weighted by Gasteiger charge is 2.36. The zero-order valence-corrected chi connectivity index (χ0v) is 9.08. The summed E-state index contributed by atoms with van der Waals surface area (Å²) in [7, 11) is 2.23. The molecule has 1 rings (SSSR count). The summed E-state index contributed by atoms with van der Waals surface area (Å²) in [5.74, 6) is -0.287. The standard InChI is InChI=1S/C10H20BO2/c1-5-9-6-7(2)13-10(4,12)8(3)11-9/h7-9,12H,5-6H2,1-4H3. The van der Waals surface area contributed by atoms with Crippen LogP contribution >= 0.6 is 0 Å². The van der Waals surface area contributed by atoms with Crippen molar-refractivity contribution in [2.45, 2.75) is 64.1 Å². The van der Waals surface area contributed by atoms with E-state index >= 15 is 0 Å². The highest BCUT2D eigenvalue weighted by atomic mass is 16.6. The molecule has 13 heavy (non-hydrogen) atoms. The Labute approximate surface area is 81.9 Å². The molecule has 0 amide bonds. The maximum absolute atomic E-state index is 9.95. The van der Waals surface area contributed by atoms with E-state index in [0.717, 1.165) is 12.8 Å². The van der Waals surface area contributed by atoms with Crippen molar-refractivity contribution in [2.75, 3.05) is 0 Å². The molecule has 1 heterocycles. The first-order valence-electron chi connectivity index (χ1n) is 5.21. The van der Waals surface area contributed by atoms with Gasteiger partial charge in [0, 0.05) is 0 Å². The molecule has 0 spiro atoms. The van der Waals surface area contributed by atoms with Gasteiger partial charge in [-0.1, -0.05) is 26.1 Å². The van der Waals surface area contributed by atoms with E-state index in [0.29, 0.717) is 5.82 Å². The summed E-state index contributed by atoms with van der Waals surface area (Å²) in [5.41, 5.74) is 0. The van der Waals surface area contributed by atoms with E-state index in [1.807, 2.05) is 13.8 Å². The average Bonchev–Trinajstić information content (AvgIpc) is 2.09. The Kier molecular flexibility index (Phi) is 3.41. The molecule has 0 bridgehead atoms. The third-order valence-electron chi connectivity index (χ3n) is 3.00. The van der Waals surface area contributed by atoms with Crippen molar-refractivity contribution < 1.29 is 9.84 Å². The van der Waals surface area contributed by atoms with Crippen LogP contribution in [0.5, 0.6) is 0 Å². The van der Waals surface area contributed by atoms with Gasteiger partial charge in [-0.15, -0.1) is 0 Å². The van der Waals surface area contributed by atoms with Gasteiger partial charge in [-0.3, -0.25) is 0 Å². The summed E-state index contributed by atoms with van der Waals surface area (Å²) in [5, 5.41) is 9.95. The molecule has 3 heteroatoms. The molecule has 1 aliphatic heterocycles. The predicted octanol–water partition coefficient (Wildman–Crippen LogP) is 2.21. The topological polar surface area (TPSA) is 29.5 Å². The Morgan fingerprint density at radius 3 is 2.69 bits per heavy atom. The summed E-state index contributed by atoms with van der Waals surface area (Å²) in [4.78, 5) is 0. The fourth-order valence-electron chi connectivity index (χ4n) is 1.96. The lowest BCUT2D eigenvalue weighted by atomic mass is 9.52. The second-order valence-corrected chi connectivity index (χ2v) is 4.37. The highest BCUT2D eigenvalue weighted by molar-refractivity contribution is 6.40. The number of ether oxygens (including phenoxy) is 1. The van der Waals surface area contributed by atoms with E-state index in [4.69, 9.17) is 4.74 Å². The molecule has 75 valence electrons. The first-order valence-corrected chi connectivity index (χ1v) is 5.21. The van der Waals surface area contributed by atoms with Gasteiger partial charge in [-0.25, -0.2) is 0 Å². The number of hydrogen-bond acceptors (Lipinski definition) is 2. The van der Waals surface area contributed by atoms with Crippen LogP contribution in [-0.2, 0) is 4.74 Å². The van der Waals surface area contributed by atoms with Gasteiger partial charge >= 0.3 is 0 Å². The van der Waals surface area contributed by atoms with Crippen molar-refractivity contribution in [3.63, 3.8) is 0 Å². The molecule has 0 saturated carbocycles. The minimum Gasteiger partial charge on any atom is -0.366 e. The van der Waals surface area contributed by atoms with Crippen molar-refractivity contribution in [1.29, 1.82) is 0 Å². The second-order valence-electron chi connectivity index (χ2n) is 4.37. The van der Waals surface area contributed by atoms with E-state index in [1.165, 1.54) is 0 Å². The van der Waals surface area contributed by atoms with Gasteiger partial charge in [-0.05, 0) is 26.1 Å². The predicted molar refractivity (Wildman–Crippen MR) is 55.0 cm³/mol. The van der Waals surface area contributed by atoms with E-state index in [2.05, 4.69) is 14.2 Å². The molecule has 0 aromatic heterocycles. The minimum atomic E-state index is -0.983. The first-order chi connectivity index (χ1) is 5.95. The Morgan fingerprint density at radius 2 is 2.15 bits per heavy atom. The molecule has 0 aromatic carbocycles. The molecule has 4 atom stereocenters. The number of rotatable bonds is 1. The fraction of sp³-hybridized carbons (Fsp3) is 1.00. The van der Waals surface area contributed by atoms with Crippen LogP contribution in [0.25, 0.3) is 0 Å². The minimum absolute atomic E-state index is 0.113. The quantitative estimate of drug-likeness (QED) is 0.631. The molecule has 1 saturated heterocycles. The van der Waals surface area contributed by atoms with Gasteiger partial charge in [0.05, 0.1) is 6.10 Å². The summed E-state index contributed by atoms with van der Waals surface area (Å²) in [6, 6.07) is 0. The maximum atomic E-state index is 9.95. The zero-order valence-electron chi connectivity index (χ0n) is 9.08. The first kappa shape index (κ1) is 11.1. The lowest BCUT2D eigenvalue weighted by Crippen LogP contribution is -2.35. The summed E-state index contributed by atoms with van der Waals surface area (Å²) < 4.78 is 5.57. The van der Waals surface area contributed by atoms with Crippen LogP contribution in [-0.4, -0.2) is 24.3 Å². The van der Waals surface area contributed by atoms with E-state index < -0.39 is 5.79 Å². The smallest absolute Gasteiger partial charge is 0.158 e.